The molecule has 2 saturated heterocycles. The molecular formula is C17H27NO3. The predicted octanol–water partition coefficient (Wildman–Crippen LogP) is 2.67. The zero-order chi connectivity index (χ0) is 14.7. The van der Waals surface area contributed by atoms with Crippen molar-refractivity contribution in [2.24, 2.45) is 0 Å². The molecule has 0 unspecified atom stereocenters. The van der Waals surface area contributed by atoms with Gasteiger partial charge in [-0.25, -0.2) is 0 Å². The molecule has 2 heterocycles. The average molecular weight is 293 g/mol. The van der Waals surface area contributed by atoms with Crippen LogP contribution in [-0.2, 0) is 14.3 Å². The number of hydrogen-bond donors (Lipinski definition) is 0. The number of rotatable bonds is 4. The van der Waals surface area contributed by atoms with Crippen molar-refractivity contribution in [3.63, 3.8) is 0 Å². The number of carbonyl (C=O) groups excluding carboxylic acids is 1. The van der Waals surface area contributed by atoms with Gasteiger partial charge < -0.3 is 14.4 Å². The fourth-order valence-electron chi connectivity index (χ4n) is 3.95. The Balaban J connectivity index is 1.62. The minimum Gasteiger partial charge on any atom is -0.376 e. The molecule has 0 radical (unpaired) electrons. The second-order valence-electron chi connectivity index (χ2n) is 6.35. The molecule has 4 heteroatoms. The zero-order valence-electron chi connectivity index (χ0n) is 13.1. The first kappa shape index (κ1) is 15.0. The Hall–Kier alpha value is -0.870. The van der Waals surface area contributed by atoms with E-state index in [0.717, 1.165) is 45.4 Å². The first-order chi connectivity index (χ1) is 10.3. The van der Waals surface area contributed by atoms with Gasteiger partial charge in [0.2, 0.25) is 5.91 Å². The maximum Gasteiger partial charge on any atom is 0.226 e. The third-order valence-electron chi connectivity index (χ3n) is 4.99. The highest BCUT2D eigenvalue weighted by Crippen LogP contribution is 2.31. The van der Waals surface area contributed by atoms with Gasteiger partial charge in [-0.2, -0.15) is 0 Å². The number of allylic oxidation sites excluding steroid dienone is 1. The molecule has 1 amide bonds. The molecule has 2 aliphatic heterocycles. The van der Waals surface area contributed by atoms with Gasteiger partial charge in [0.1, 0.15) is 6.10 Å². The number of piperidine rings is 1. The Labute approximate surface area is 127 Å². The summed E-state index contributed by atoms with van der Waals surface area (Å²) in [6.45, 7) is 4.32. The largest absolute Gasteiger partial charge is 0.376 e. The van der Waals surface area contributed by atoms with Crippen LogP contribution in [0.25, 0.3) is 0 Å². The maximum absolute atomic E-state index is 12.7. The van der Waals surface area contributed by atoms with E-state index in [1.54, 1.807) is 0 Å². The molecule has 3 rings (SSSR count). The van der Waals surface area contributed by atoms with Crippen LogP contribution in [0.1, 0.15) is 51.9 Å². The predicted molar refractivity (Wildman–Crippen MR) is 81.1 cm³/mol. The number of amides is 1. The van der Waals surface area contributed by atoms with E-state index in [1.165, 1.54) is 18.4 Å². The van der Waals surface area contributed by atoms with Crippen molar-refractivity contribution >= 4 is 5.91 Å². The highest BCUT2D eigenvalue weighted by molar-refractivity contribution is 5.79. The molecule has 1 aliphatic carbocycles. The topological polar surface area (TPSA) is 38.8 Å². The smallest absolute Gasteiger partial charge is 0.226 e. The average Bonchev–Trinajstić information content (AvgIpc) is 2.98. The minimum absolute atomic E-state index is 0.0861. The van der Waals surface area contributed by atoms with Gasteiger partial charge in [0.15, 0.2) is 0 Å². The van der Waals surface area contributed by atoms with Crippen molar-refractivity contribution in [3.05, 3.63) is 11.6 Å². The van der Waals surface area contributed by atoms with Crippen LogP contribution in [0.3, 0.4) is 0 Å². The molecule has 0 aromatic heterocycles. The molecule has 0 saturated carbocycles. The fourth-order valence-corrected chi connectivity index (χ4v) is 3.95. The molecule has 0 aromatic rings. The van der Waals surface area contributed by atoms with Crippen LogP contribution in [0.2, 0.25) is 0 Å². The van der Waals surface area contributed by atoms with Crippen molar-refractivity contribution in [2.75, 3.05) is 19.8 Å². The Morgan fingerprint density at radius 3 is 3.10 bits per heavy atom. The summed E-state index contributed by atoms with van der Waals surface area (Å²) >= 11 is 0. The molecule has 3 atom stereocenters. The fraction of sp³-hybridized carbons (Fsp3) is 0.824. The highest BCUT2D eigenvalue weighted by atomic mass is 16.5. The number of nitrogens with zero attached hydrogens (tertiary/aromatic N) is 1. The van der Waals surface area contributed by atoms with Crippen LogP contribution in [0.15, 0.2) is 11.6 Å². The molecule has 0 aromatic carbocycles. The van der Waals surface area contributed by atoms with Crippen molar-refractivity contribution in [2.45, 2.75) is 70.1 Å². The monoisotopic (exact) mass is 293 g/mol. The molecule has 2 fully saturated rings. The van der Waals surface area contributed by atoms with Crippen molar-refractivity contribution in [3.8, 4) is 0 Å². The van der Waals surface area contributed by atoms with Crippen molar-refractivity contribution in [1.82, 2.24) is 4.90 Å². The van der Waals surface area contributed by atoms with E-state index in [4.69, 9.17) is 9.47 Å². The van der Waals surface area contributed by atoms with E-state index in [9.17, 15) is 4.79 Å². The van der Waals surface area contributed by atoms with Gasteiger partial charge >= 0.3 is 0 Å². The van der Waals surface area contributed by atoms with Crippen molar-refractivity contribution in [1.29, 1.82) is 0 Å². The lowest BCUT2D eigenvalue weighted by atomic mass is 9.93. The molecule has 0 N–H and O–H groups in total. The Morgan fingerprint density at radius 2 is 2.33 bits per heavy atom. The van der Waals surface area contributed by atoms with Crippen LogP contribution < -0.4 is 0 Å². The quantitative estimate of drug-likeness (QED) is 0.748. The standard InChI is InChI=1S/C17H27NO3/c1-2-20-15-8-10-18(14-9-11-21-17(14)15)16(19)12-13-6-4-3-5-7-13/h6,14-15,17H,2-5,7-12H2,1H3/t14-,15+,17-/m0/s1. The van der Waals surface area contributed by atoms with Crippen LogP contribution in [0.4, 0.5) is 0 Å². The first-order valence-electron chi connectivity index (χ1n) is 8.50. The number of fused-ring (bicyclic) bond motifs is 1. The van der Waals surface area contributed by atoms with Gasteiger partial charge in [0.05, 0.1) is 12.1 Å². The summed E-state index contributed by atoms with van der Waals surface area (Å²) in [6, 6.07) is 0.229. The van der Waals surface area contributed by atoms with Gasteiger partial charge in [-0.1, -0.05) is 11.6 Å². The lowest BCUT2D eigenvalue weighted by Gasteiger charge is -2.41. The SMILES string of the molecule is CCO[C@@H]1CCN(C(=O)CC2=CCCCC2)[C@H]2CCO[C@H]12. The second kappa shape index (κ2) is 6.93. The molecular weight excluding hydrogens is 266 g/mol. The normalized spacial score (nSPS) is 32.7. The van der Waals surface area contributed by atoms with E-state index < -0.39 is 0 Å². The molecule has 21 heavy (non-hydrogen) atoms. The molecule has 4 nitrogen and oxygen atoms in total. The third kappa shape index (κ3) is 3.32. The second-order valence-corrected chi connectivity index (χ2v) is 6.35. The Bertz CT molecular complexity index is 407. The summed E-state index contributed by atoms with van der Waals surface area (Å²) in [5, 5.41) is 0. The lowest BCUT2D eigenvalue weighted by molar-refractivity contribution is -0.144. The number of ether oxygens (including phenoxy) is 2. The molecule has 118 valence electrons. The van der Waals surface area contributed by atoms with Crippen LogP contribution in [0, 0.1) is 0 Å². The lowest BCUT2D eigenvalue weighted by Crippen LogP contribution is -2.55. The molecule has 0 bridgehead atoms. The third-order valence-corrected chi connectivity index (χ3v) is 4.99. The van der Waals surface area contributed by atoms with E-state index in [0.29, 0.717) is 12.3 Å². The summed E-state index contributed by atoms with van der Waals surface area (Å²) < 4.78 is 11.7. The summed E-state index contributed by atoms with van der Waals surface area (Å²) in [4.78, 5) is 14.7. The van der Waals surface area contributed by atoms with Gasteiger partial charge in [-0.3, -0.25) is 4.79 Å². The number of likely N-dealkylation sites (tertiary alicyclic amines) is 1. The number of carbonyl (C=O) groups is 1. The van der Waals surface area contributed by atoms with E-state index in [1.807, 2.05) is 6.92 Å². The summed E-state index contributed by atoms with van der Waals surface area (Å²) in [5.41, 5.74) is 1.34. The Kier molecular flexibility index (Phi) is 4.96. The van der Waals surface area contributed by atoms with E-state index in [2.05, 4.69) is 11.0 Å². The van der Waals surface area contributed by atoms with Crippen molar-refractivity contribution < 1.29 is 14.3 Å². The van der Waals surface area contributed by atoms with Gasteiger partial charge in [0, 0.05) is 26.2 Å². The van der Waals surface area contributed by atoms with Gasteiger partial charge in [-0.05, 0) is 45.4 Å². The van der Waals surface area contributed by atoms with Crippen LogP contribution in [0.5, 0.6) is 0 Å². The summed E-state index contributed by atoms with van der Waals surface area (Å²) in [5.74, 6) is 0.290. The zero-order valence-corrected chi connectivity index (χ0v) is 13.1. The summed E-state index contributed by atoms with van der Waals surface area (Å²) in [7, 11) is 0. The maximum atomic E-state index is 12.7. The van der Waals surface area contributed by atoms with E-state index >= 15 is 0 Å². The van der Waals surface area contributed by atoms with Crippen LogP contribution in [-0.4, -0.2) is 48.8 Å². The first-order valence-corrected chi connectivity index (χ1v) is 8.50. The number of hydrogen-bond acceptors (Lipinski definition) is 3. The molecule has 3 aliphatic rings. The Morgan fingerprint density at radius 1 is 1.43 bits per heavy atom. The minimum atomic E-state index is 0.0861. The summed E-state index contributed by atoms with van der Waals surface area (Å²) in [6.07, 6.45) is 9.76. The van der Waals surface area contributed by atoms with Gasteiger partial charge in [-0.15, -0.1) is 0 Å². The van der Waals surface area contributed by atoms with Gasteiger partial charge in [0.25, 0.3) is 0 Å². The molecule has 0 spiro atoms. The highest BCUT2D eigenvalue weighted by Gasteiger charge is 2.44. The van der Waals surface area contributed by atoms with Crippen LogP contribution >= 0.6 is 0 Å². The van der Waals surface area contributed by atoms with E-state index in [-0.39, 0.29) is 18.2 Å².